The van der Waals surface area contributed by atoms with E-state index in [1.807, 2.05) is 18.2 Å². The molecule has 0 radical (unpaired) electrons. The van der Waals surface area contributed by atoms with Crippen LogP contribution in [0.1, 0.15) is 45.5 Å². The monoisotopic (exact) mass is 624 g/mol. The smallest absolute Gasteiger partial charge is 0.208 e. The van der Waals surface area contributed by atoms with Crippen molar-refractivity contribution in [3.63, 3.8) is 0 Å². The van der Waals surface area contributed by atoms with Gasteiger partial charge in [0.2, 0.25) is 11.5 Å². The summed E-state index contributed by atoms with van der Waals surface area (Å²) in [4.78, 5) is 2.35. The summed E-state index contributed by atoms with van der Waals surface area (Å²) in [7, 11) is 10.4. The molecule has 1 N–H and O–H groups in total. The predicted octanol–water partition coefficient (Wildman–Crippen LogP) is 6.63. The quantitative estimate of drug-likeness (QED) is 0.263. The molecule has 4 aromatic rings. The Kier molecular flexibility index (Phi) is 8.04. The molecule has 240 valence electrons. The summed E-state index contributed by atoms with van der Waals surface area (Å²) in [6.07, 6.45) is 2.30. The lowest BCUT2D eigenvalue weighted by Gasteiger charge is -2.37. The first-order valence-corrected chi connectivity index (χ1v) is 15.6. The van der Waals surface area contributed by atoms with Gasteiger partial charge in [-0.3, -0.25) is 4.90 Å². The molecule has 4 aliphatic rings. The third-order valence-corrected chi connectivity index (χ3v) is 9.44. The number of methoxy groups -OCH3 is 5. The largest absolute Gasteiger partial charge is 0.493 e. The number of benzene rings is 4. The zero-order chi connectivity index (χ0) is 31.9. The summed E-state index contributed by atoms with van der Waals surface area (Å²) in [5.74, 6) is 5.55. The van der Waals surface area contributed by atoms with Crippen molar-refractivity contribution in [2.75, 3.05) is 55.7 Å². The van der Waals surface area contributed by atoms with Gasteiger partial charge in [-0.15, -0.1) is 0 Å². The number of fused-ring (bicyclic) bond motifs is 2. The average Bonchev–Trinajstić information content (AvgIpc) is 3.08. The van der Waals surface area contributed by atoms with E-state index in [4.69, 9.17) is 33.2 Å². The van der Waals surface area contributed by atoms with E-state index < -0.39 is 0 Å². The van der Waals surface area contributed by atoms with Crippen molar-refractivity contribution in [1.82, 2.24) is 10.2 Å². The van der Waals surface area contributed by atoms with E-state index in [1.165, 1.54) is 5.56 Å². The van der Waals surface area contributed by atoms with Gasteiger partial charge in [0.25, 0.3) is 0 Å². The highest BCUT2D eigenvalue weighted by Crippen LogP contribution is 2.56. The van der Waals surface area contributed by atoms with Gasteiger partial charge in [0.15, 0.2) is 34.5 Å². The Labute approximate surface area is 269 Å². The van der Waals surface area contributed by atoms with Crippen LogP contribution in [-0.4, -0.2) is 60.6 Å². The van der Waals surface area contributed by atoms with Gasteiger partial charge >= 0.3 is 0 Å². The first-order valence-electron chi connectivity index (χ1n) is 15.6. The zero-order valence-corrected chi connectivity index (χ0v) is 27.2. The Morgan fingerprint density at radius 3 is 2.20 bits per heavy atom. The molecule has 0 aromatic heterocycles. The number of ether oxygens (including phenoxy) is 7. The number of hydrogen-bond donors (Lipinski definition) is 1. The highest BCUT2D eigenvalue weighted by atomic mass is 16.6. The molecule has 0 saturated heterocycles. The van der Waals surface area contributed by atoms with Crippen LogP contribution < -0.4 is 38.5 Å². The summed E-state index contributed by atoms with van der Waals surface area (Å²) in [5.41, 5.74) is 6.58. The van der Waals surface area contributed by atoms with Crippen molar-refractivity contribution in [2.45, 2.75) is 31.3 Å². The van der Waals surface area contributed by atoms with Gasteiger partial charge < -0.3 is 38.5 Å². The van der Waals surface area contributed by atoms with Gasteiger partial charge in [-0.1, -0.05) is 18.2 Å². The lowest BCUT2D eigenvalue weighted by molar-refractivity contribution is 0.216. The third kappa shape index (κ3) is 5.04. The second-order valence-corrected chi connectivity index (χ2v) is 11.9. The first-order chi connectivity index (χ1) is 22.5. The van der Waals surface area contributed by atoms with Gasteiger partial charge in [-0.05, 0) is 85.0 Å². The fraction of sp³-hybridized carbons (Fsp3) is 0.351. The number of nitrogens with one attached hydrogen (secondary N) is 1. The highest BCUT2D eigenvalue weighted by Gasteiger charge is 2.37. The average molecular weight is 625 g/mol. The van der Waals surface area contributed by atoms with Crippen LogP contribution in [-0.2, 0) is 19.3 Å². The molecule has 8 rings (SSSR count). The number of hydrogen-bond acceptors (Lipinski definition) is 9. The van der Waals surface area contributed by atoms with E-state index in [0.717, 1.165) is 59.5 Å². The van der Waals surface area contributed by atoms with Crippen LogP contribution in [0.4, 0.5) is 0 Å². The molecule has 6 bridgehead atoms. The minimum absolute atomic E-state index is 0.0419. The van der Waals surface area contributed by atoms with Crippen LogP contribution in [0.15, 0.2) is 54.6 Å². The molecule has 9 nitrogen and oxygen atoms in total. The number of nitrogens with zero attached hydrogens (tertiary/aromatic N) is 1. The van der Waals surface area contributed by atoms with Crippen LogP contribution in [0.2, 0.25) is 0 Å². The summed E-state index contributed by atoms with van der Waals surface area (Å²) in [6.45, 7) is 1.67. The molecule has 46 heavy (non-hydrogen) atoms. The van der Waals surface area contributed by atoms with E-state index in [0.29, 0.717) is 52.4 Å². The fourth-order valence-electron chi connectivity index (χ4n) is 7.15. The highest BCUT2D eigenvalue weighted by molar-refractivity contribution is 5.70. The third-order valence-electron chi connectivity index (χ3n) is 9.44. The molecule has 0 amide bonds. The van der Waals surface area contributed by atoms with Crippen molar-refractivity contribution in [3.05, 3.63) is 88.0 Å². The number of likely N-dealkylation sites (N-methyl/N-ethyl adjacent to an activating group) is 1. The van der Waals surface area contributed by atoms with Crippen molar-refractivity contribution in [3.8, 4) is 51.7 Å². The Morgan fingerprint density at radius 2 is 1.48 bits per heavy atom. The van der Waals surface area contributed by atoms with Gasteiger partial charge in [-0.2, -0.15) is 0 Å². The normalized spacial score (nSPS) is 18.4. The Bertz CT molecular complexity index is 1770. The van der Waals surface area contributed by atoms with Crippen LogP contribution >= 0.6 is 0 Å². The molecule has 0 unspecified atom stereocenters. The van der Waals surface area contributed by atoms with Crippen molar-refractivity contribution >= 4 is 0 Å². The van der Waals surface area contributed by atoms with Gasteiger partial charge in [0.05, 0.1) is 41.6 Å². The summed E-state index contributed by atoms with van der Waals surface area (Å²) in [6, 6.07) is 18.4. The van der Waals surface area contributed by atoms with Crippen LogP contribution in [0.3, 0.4) is 0 Å². The summed E-state index contributed by atoms with van der Waals surface area (Å²) in [5, 5.41) is 3.71. The van der Waals surface area contributed by atoms with Gasteiger partial charge in [-0.25, -0.2) is 0 Å². The topological polar surface area (TPSA) is 79.9 Å². The maximum Gasteiger partial charge on any atom is 0.208 e. The Morgan fingerprint density at radius 1 is 0.739 bits per heavy atom. The predicted molar refractivity (Wildman–Crippen MR) is 175 cm³/mol. The van der Waals surface area contributed by atoms with E-state index in [1.54, 1.807) is 35.5 Å². The van der Waals surface area contributed by atoms with Crippen LogP contribution in [0.25, 0.3) is 0 Å². The van der Waals surface area contributed by atoms with E-state index in [-0.39, 0.29) is 12.1 Å². The first kappa shape index (κ1) is 30.1. The SMILES string of the molecule is COc1ccc2cc1Oc1ccc(cc1)[C@H]1NCCc3cc(OC)c(cc31)Oc1c(OC)c(OC)c(OC)c3c1[C@@H](C2)N(C)CC3. The molecule has 2 atom stereocenters. The van der Waals surface area contributed by atoms with Crippen molar-refractivity contribution in [1.29, 1.82) is 0 Å². The molecule has 0 saturated carbocycles. The summed E-state index contributed by atoms with van der Waals surface area (Å²) >= 11 is 0. The van der Waals surface area contributed by atoms with E-state index in [9.17, 15) is 0 Å². The van der Waals surface area contributed by atoms with Gasteiger partial charge in [0, 0.05) is 30.3 Å². The Balaban J connectivity index is 1.52. The Hall–Kier alpha value is -4.60. The van der Waals surface area contributed by atoms with Crippen LogP contribution in [0, 0.1) is 0 Å². The fourth-order valence-corrected chi connectivity index (χ4v) is 7.15. The molecule has 4 aliphatic heterocycles. The molecule has 0 aliphatic carbocycles. The lowest BCUT2D eigenvalue weighted by atomic mass is 9.86. The lowest BCUT2D eigenvalue weighted by Crippen LogP contribution is -2.34. The second-order valence-electron chi connectivity index (χ2n) is 11.9. The maximum absolute atomic E-state index is 7.02. The second kappa shape index (κ2) is 12.3. The van der Waals surface area contributed by atoms with Crippen molar-refractivity contribution in [2.24, 2.45) is 0 Å². The number of rotatable bonds is 5. The van der Waals surface area contributed by atoms with E-state index >= 15 is 0 Å². The van der Waals surface area contributed by atoms with Crippen LogP contribution in [0.5, 0.6) is 51.7 Å². The molecule has 4 aromatic carbocycles. The maximum atomic E-state index is 7.02. The molecule has 0 spiro atoms. The van der Waals surface area contributed by atoms with Crippen molar-refractivity contribution < 1.29 is 33.2 Å². The van der Waals surface area contributed by atoms with E-state index in [2.05, 4.69) is 53.7 Å². The van der Waals surface area contributed by atoms with Gasteiger partial charge in [0.1, 0.15) is 5.75 Å². The molecular weight excluding hydrogens is 584 g/mol. The minimum atomic E-state index is -0.0821. The standard InChI is InChI=1S/C37H40N2O7/c1-39-16-14-25-32-27(39)17-21-7-12-28(40-2)30(18-21)45-24-10-8-22(9-11-24)33-26-20-31(29(41-3)19-23(26)13-15-38-33)46-35(32)37(44-6)36(43-5)34(25)42-4/h7-12,18-20,27,33,38H,13-17H2,1-6H3/t27-,33-/m1/s1. The zero-order valence-electron chi connectivity index (χ0n) is 27.2. The molecule has 4 heterocycles. The molecule has 0 fully saturated rings. The molecule has 9 heteroatoms. The molecular formula is C37H40N2O7. The minimum Gasteiger partial charge on any atom is -0.493 e. The summed E-state index contributed by atoms with van der Waals surface area (Å²) < 4.78 is 43.2.